The standard InChI is InChI=1S/C13H14ClN3O2/c1-16-6-5-15-12(16)8-17(2)13(19)10-4-3-9(14)7-11(10)18/h3-7,18H,8H2,1-2H3. The van der Waals surface area contributed by atoms with E-state index in [-0.39, 0.29) is 17.2 Å². The van der Waals surface area contributed by atoms with Gasteiger partial charge in [0.25, 0.3) is 5.91 Å². The molecule has 2 rings (SSSR count). The highest BCUT2D eigenvalue weighted by atomic mass is 35.5. The maximum atomic E-state index is 12.2. The minimum absolute atomic E-state index is 0.121. The molecule has 0 aliphatic carbocycles. The van der Waals surface area contributed by atoms with E-state index in [2.05, 4.69) is 4.98 Å². The molecule has 0 aliphatic rings. The molecule has 0 saturated heterocycles. The molecule has 100 valence electrons. The molecule has 2 aromatic rings. The van der Waals surface area contributed by atoms with Crippen molar-refractivity contribution < 1.29 is 9.90 Å². The molecule has 0 unspecified atom stereocenters. The first kappa shape index (κ1) is 13.4. The lowest BCUT2D eigenvalue weighted by molar-refractivity contribution is 0.0777. The van der Waals surface area contributed by atoms with Crippen LogP contribution in [0.5, 0.6) is 5.75 Å². The Morgan fingerprint density at radius 1 is 1.53 bits per heavy atom. The highest BCUT2D eigenvalue weighted by Crippen LogP contribution is 2.23. The Morgan fingerprint density at radius 3 is 2.84 bits per heavy atom. The summed E-state index contributed by atoms with van der Waals surface area (Å²) >= 11 is 5.74. The molecular weight excluding hydrogens is 266 g/mol. The lowest BCUT2D eigenvalue weighted by Crippen LogP contribution is -2.27. The number of aromatic nitrogens is 2. The van der Waals surface area contributed by atoms with Crippen LogP contribution < -0.4 is 0 Å². The normalized spacial score (nSPS) is 10.5. The number of carbonyl (C=O) groups excluding carboxylic acids is 1. The SMILES string of the molecule is CN(Cc1nccn1C)C(=O)c1ccc(Cl)cc1O. The van der Waals surface area contributed by atoms with Crippen molar-refractivity contribution in [2.75, 3.05) is 7.05 Å². The number of hydrogen-bond donors (Lipinski definition) is 1. The minimum Gasteiger partial charge on any atom is -0.507 e. The number of phenolic OH excluding ortho intramolecular Hbond substituents is 1. The molecule has 1 aromatic heterocycles. The molecule has 0 saturated carbocycles. The van der Waals surface area contributed by atoms with E-state index in [9.17, 15) is 9.90 Å². The second-order valence-corrected chi connectivity index (χ2v) is 4.71. The van der Waals surface area contributed by atoms with Gasteiger partial charge in [0, 0.05) is 31.5 Å². The van der Waals surface area contributed by atoms with Crippen LogP contribution >= 0.6 is 11.6 Å². The number of nitrogens with zero attached hydrogens (tertiary/aromatic N) is 3. The quantitative estimate of drug-likeness (QED) is 0.935. The van der Waals surface area contributed by atoms with Gasteiger partial charge < -0.3 is 14.6 Å². The third kappa shape index (κ3) is 2.88. The molecule has 0 bridgehead atoms. The van der Waals surface area contributed by atoms with Crippen LogP contribution in [0.25, 0.3) is 0 Å². The number of halogens is 1. The second-order valence-electron chi connectivity index (χ2n) is 4.28. The van der Waals surface area contributed by atoms with Gasteiger partial charge in [-0.05, 0) is 18.2 Å². The molecule has 1 heterocycles. The van der Waals surface area contributed by atoms with E-state index >= 15 is 0 Å². The van der Waals surface area contributed by atoms with E-state index in [0.717, 1.165) is 5.82 Å². The monoisotopic (exact) mass is 279 g/mol. The zero-order chi connectivity index (χ0) is 14.0. The fraction of sp³-hybridized carbons (Fsp3) is 0.231. The van der Waals surface area contributed by atoms with Crippen molar-refractivity contribution in [1.82, 2.24) is 14.5 Å². The summed E-state index contributed by atoms with van der Waals surface area (Å²) in [6.07, 6.45) is 3.49. The molecule has 6 heteroatoms. The summed E-state index contributed by atoms with van der Waals surface area (Å²) in [6.45, 7) is 0.365. The molecule has 0 atom stereocenters. The van der Waals surface area contributed by atoms with Crippen molar-refractivity contribution in [1.29, 1.82) is 0 Å². The van der Waals surface area contributed by atoms with Gasteiger partial charge in [0.2, 0.25) is 0 Å². The molecule has 0 fully saturated rings. The van der Waals surface area contributed by atoms with E-state index < -0.39 is 0 Å². The summed E-state index contributed by atoms with van der Waals surface area (Å²) in [6, 6.07) is 4.43. The smallest absolute Gasteiger partial charge is 0.257 e. The van der Waals surface area contributed by atoms with Gasteiger partial charge in [0.05, 0.1) is 12.1 Å². The zero-order valence-electron chi connectivity index (χ0n) is 10.7. The fourth-order valence-electron chi connectivity index (χ4n) is 1.72. The van der Waals surface area contributed by atoms with Crippen LogP contribution in [0.3, 0.4) is 0 Å². The van der Waals surface area contributed by atoms with Crippen LogP contribution in [0.15, 0.2) is 30.6 Å². The third-order valence-corrected chi connectivity index (χ3v) is 3.07. The maximum Gasteiger partial charge on any atom is 0.257 e. The predicted molar refractivity (Wildman–Crippen MR) is 72.1 cm³/mol. The number of imidazole rings is 1. The highest BCUT2D eigenvalue weighted by molar-refractivity contribution is 6.30. The Hall–Kier alpha value is -2.01. The van der Waals surface area contributed by atoms with Crippen LogP contribution in [0.2, 0.25) is 5.02 Å². The Bertz CT molecular complexity index is 610. The Morgan fingerprint density at radius 2 is 2.26 bits per heavy atom. The minimum atomic E-state index is -0.280. The molecule has 19 heavy (non-hydrogen) atoms. The van der Waals surface area contributed by atoms with E-state index in [1.807, 2.05) is 17.8 Å². The van der Waals surface area contributed by atoms with Gasteiger partial charge in [-0.1, -0.05) is 11.6 Å². The Kier molecular flexibility index (Phi) is 3.76. The van der Waals surface area contributed by atoms with Gasteiger partial charge in [-0.3, -0.25) is 4.79 Å². The number of rotatable bonds is 3. The van der Waals surface area contributed by atoms with Crippen LogP contribution in [0.1, 0.15) is 16.2 Å². The van der Waals surface area contributed by atoms with Gasteiger partial charge in [-0.15, -0.1) is 0 Å². The molecule has 0 spiro atoms. The zero-order valence-corrected chi connectivity index (χ0v) is 11.4. The summed E-state index contributed by atoms with van der Waals surface area (Å²) in [5.74, 6) is 0.366. The lowest BCUT2D eigenvalue weighted by Gasteiger charge is -2.17. The topological polar surface area (TPSA) is 58.4 Å². The van der Waals surface area contributed by atoms with Crippen molar-refractivity contribution in [3.8, 4) is 5.75 Å². The summed E-state index contributed by atoms with van der Waals surface area (Å²) in [5, 5.41) is 10.1. The summed E-state index contributed by atoms with van der Waals surface area (Å²) < 4.78 is 1.84. The summed E-state index contributed by atoms with van der Waals surface area (Å²) in [4.78, 5) is 17.8. The van der Waals surface area contributed by atoms with Gasteiger partial charge in [-0.25, -0.2) is 4.98 Å². The van der Waals surface area contributed by atoms with Crippen LogP contribution in [0.4, 0.5) is 0 Å². The van der Waals surface area contributed by atoms with Crippen molar-refractivity contribution in [2.45, 2.75) is 6.54 Å². The number of aryl methyl sites for hydroxylation is 1. The van der Waals surface area contributed by atoms with Crippen LogP contribution in [-0.2, 0) is 13.6 Å². The molecule has 0 radical (unpaired) electrons. The molecule has 1 amide bonds. The van der Waals surface area contributed by atoms with E-state index in [1.165, 1.54) is 17.0 Å². The number of hydrogen-bond acceptors (Lipinski definition) is 3. The van der Waals surface area contributed by atoms with Gasteiger partial charge in [-0.2, -0.15) is 0 Å². The number of carbonyl (C=O) groups is 1. The van der Waals surface area contributed by atoms with Gasteiger partial charge in [0.1, 0.15) is 11.6 Å². The van der Waals surface area contributed by atoms with Gasteiger partial charge in [0.15, 0.2) is 0 Å². The largest absolute Gasteiger partial charge is 0.507 e. The predicted octanol–water partition coefficient (Wildman–Crippen LogP) is 2.05. The number of benzene rings is 1. The average molecular weight is 280 g/mol. The first-order valence-electron chi connectivity index (χ1n) is 5.69. The Balaban J connectivity index is 2.17. The van der Waals surface area contributed by atoms with Gasteiger partial charge >= 0.3 is 0 Å². The summed E-state index contributed by atoms with van der Waals surface area (Å²) in [7, 11) is 3.52. The Labute approximate surface area is 116 Å². The van der Waals surface area contributed by atoms with E-state index in [0.29, 0.717) is 11.6 Å². The molecule has 1 N–H and O–H groups in total. The number of amides is 1. The van der Waals surface area contributed by atoms with Crippen molar-refractivity contribution >= 4 is 17.5 Å². The fourth-order valence-corrected chi connectivity index (χ4v) is 1.89. The molecular formula is C13H14ClN3O2. The maximum absolute atomic E-state index is 12.2. The highest BCUT2D eigenvalue weighted by Gasteiger charge is 2.17. The first-order valence-corrected chi connectivity index (χ1v) is 6.07. The lowest BCUT2D eigenvalue weighted by atomic mass is 10.2. The van der Waals surface area contributed by atoms with Crippen LogP contribution in [0, 0.1) is 0 Å². The van der Waals surface area contributed by atoms with E-state index in [1.54, 1.807) is 19.3 Å². The average Bonchev–Trinajstić information content (AvgIpc) is 2.74. The summed E-state index contributed by atoms with van der Waals surface area (Å²) in [5.41, 5.74) is 0.223. The number of phenols is 1. The van der Waals surface area contributed by atoms with Crippen molar-refractivity contribution in [3.05, 3.63) is 47.0 Å². The van der Waals surface area contributed by atoms with Crippen LogP contribution in [-0.4, -0.2) is 32.5 Å². The first-order chi connectivity index (χ1) is 8.99. The number of aromatic hydroxyl groups is 1. The molecule has 0 aliphatic heterocycles. The van der Waals surface area contributed by atoms with E-state index in [4.69, 9.17) is 11.6 Å². The molecule has 5 nitrogen and oxygen atoms in total. The second kappa shape index (κ2) is 5.32. The molecule has 1 aromatic carbocycles. The third-order valence-electron chi connectivity index (χ3n) is 2.84. The van der Waals surface area contributed by atoms with Crippen molar-refractivity contribution in [2.24, 2.45) is 7.05 Å². The van der Waals surface area contributed by atoms with Crippen molar-refractivity contribution in [3.63, 3.8) is 0 Å².